The predicted molar refractivity (Wildman–Crippen MR) is 150 cm³/mol. The average Bonchev–Trinajstić information content (AvgIpc) is 2.80. The molecule has 38 heavy (non-hydrogen) atoms. The molecule has 0 unspecified atom stereocenters. The molecule has 3 atom stereocenters. The van der Waals surface area contributed by atoms with E-state index in [1.54, 1.807) is 0 Å². The Morgan fingerprint density at radius 3 is 2.45 bits per heavy atom. The van der Waals surface area contributed by atoms with E-state index < -0.39 is 22.5 Å². The van der Waals surface area contributed by atoms with Crippen LogP contribution in [-0.2, 0) is 21.4 Å². The first-order chi connectivity index (χ1) is 17.8. The molecule has 6 heteroatoms. The number of rotatable bonds is 9. The topological polar surface area (TPSA) is 64.6 Å². The SMILES string of the molecule is CCCCCCCC(C)(C)C(=O)Oc1cc(F)c2c(c1)[C@@]1(C)CCCCC[C@@H](C2)[C@@H]1NC(=O)OC(C)(C)C. The molecule has 0 aromatic heterocycles. The quantitative estimate of drug-likeness (QED) is 0.197. The molecule has 3 rings (SSSR count). The maximum atomic E-state index is 15.6. The summed E-state index contributed by atoms with van der Waals surface area (Å²) in [6, 6.07) is 3.05. The molecular formula is C32H50FNO4. The lowest BCUT2D eigenvalue weighted by Crippen LogP contribution is -2.57. The van der Waals surface area contributed by atoms with Gasteiger partial charge >= 0.3 is 12.1 Å². The zero-order valence-electron chi connectivity index (χ0n) is 24.8. The maximum Gasteiger partial charge on any atom is 0.407 e. The van der Waals surface area contributed by atoms with E-state index in [-0.39, 0.29) is 29.5 Å². The van der Waals surface area contributed by atoms with E-state index in [2.05, 4.69) is 19.2 Å². The fourth-order valence-corrected chi connectivity index (χ4v) is 6.32. The van der Waals surface area contributed by atoms with Gasteiger partial charge in [-0.3, -0.25) is 4.79 Å². The molecule has 1 saturated carbocycles. The van der Waals surface area contributed by atoms with Crippen molar-refractivity contribution in [1.82, 2.24) is 5.32 Å². The van der Waals surface area contributed by atoms with Crippen molar-refractivity contribution >= 4 is 12.1 Å². The van der Waals surface area contributed by atoms with Gasteiger partial charge in [0.25, 0.3) is 0 Å². The molecule has 1 aromatic rings. The number of ether oxygens (including phenoxy) is 2. The number of halogens is 1. The molecule has 2 aliphatic rings. The van der Waals surface area contributed by atoms with Gasteiger partial charge in [-0.1, -0.05) is 65.2 Å². The molecule has 2 bridgehead atoms. The van der Waals surface area contributed by atoms with Crippen molar-refractivity contribution in [2.24, 2.45) is 11.3 Å². The standard InChI is InChI=1S/C32H50FNO4/c1-8-9-10-11-14-17-31(5,6)28(35)37-23-20-25-24(26(33)21-23)19-22-16-13-12-15-18-32(25,7)27(22)34-29(36)38-30(2,3)4/h20-22,27H,8-19H2,1-7H3,(H,34,36)/t22-,27-,32+/m0/s1. The third kappa shape index (κ3) is 7.51. The van der Waals surface area contributed by atoms with E-state index in [9.17, 15) is 9.59 Å². The Morgan fingerprint density at radius 2 is 1.76 bits per heavy atom. The molecule has 2 aliphatic carbocycles. The third-order valence-electron chi connectivity index (χ3n) is 8.52. The number of nitrogens with one attached hydrogen (secondary N) is 1. The zero-order valence-corrected chi connectivity index (χ0v) is 24.8. The second kappa shape index (κ2) is 12.4. The summed E-state index contributed by atoms with van der Waals surface area (Å²) in [5.41, 5.74) is -0.202. The Hall–Kier alpha value is -2.11. The zero-order chi connectivity index (χ0) is 28.1. The molecule has 1 fully saturated rings. The molecule has 1 amide bonds. The van der Waals surface area contributed by atoms with Crippen molar-refractivity contribution in [3.05, 3.63) is 29.1 Å². The average molecular weight is 532 g/mol. The summed E-state index contributed by atoms with van der Waals surface area (Å²) < 4.78 is 27.1. The number of hydrogen-bond acceptors (Lipinski definition) is 4. The van der Waals surface area contributed by atoms with E-state index >= 15 is 4.39 Å². The van der Waals surface area contributed by atoms with Gasteiger partial charge in [0.05, 0.1) is 5.41 Å². The monoisotopic (exact) mass is 531 g/mol. The fourth-order valence-electron chi connectivity index (χ4n) is 6.32. The van der Waals surface area contributed by atoms with E-state index in [4.69, 9.17) is 9.47 Å². The van der Waals surface area contributed by atoms with E-state index in [0.717, 1.165) is 56.9 Å². The number of benzene rings is 1. The lowest BCUT2D eigenvalue weighted by molar-refractivity contribution is -0.144. The van der Waals surface area contributed by atoms with Gasteiger partial charge in [0, 0.05) is 17.5 Å². The number of unbranched alkanes of at least 4 members (excludes halogenated alkanes) is 4. The fraction of sp³-hybridized carbons (Fsp3) is 0.750. The molecular weight excluding hydrogens is 481 g/mol. The Bertz CT molecular complexity index is 982. The first-order valence-electron chi connectivity index (χ1n) is 14.8. The number of hydrogen-bond donors (Lipinski definition) is 1. The molecule has 0 heterocycles. The highest BCUT2D eigenvalue weighted by Crippen LogP contribution is 2.48. The van der Waals surface area contributed by atoms with Crippen molar-refractivity contribution in [1.29, 1.82) is 0 Å². The highest BCUT2D eigenvalue weighted by molar-refractivity contribution is 5.78. The minimum Gasteiger partial charge on any atom is -0.444 e. The molecule has 0 spiro atoms. The van der Waals surface area contributed by atoms with Crippen molar-refractivity contribution in [3.8, 4) is 5.75 Å². The summed E-state index contributed by atoms with van der Waals surface area (Å²) >= 11 is 0. The molecule has 1 aromatic carbocycles. The van der Waals surface area contributed by atoms with Gasteiger partial charge in [-0.15, -0.1) is 0 Å². The summed E-state index contributed by atoms with van der Waals surface area (Å²) in [6.07, 6.45) is 11.4. The van der Waals surface area contributed by atoms with Gasteiger partial charge in [0.2, 0.25) is 0 Å². The highest BCUT2D eigenvalue weighted by atomic mass is 19.1. The third-order valence-corrected chi connectivity index (χ3v) is 8.52. The predicted octanol–water partition coefficient (Wildman–Crippen LogP) is 8.41. The van der Waals surface area contributed by atoms with Crippen LogP contribution in [0.5, 0.6) is 5.75 Å². The van der Waals surface area contributed by atoms with Crippen molar-refractivity contribution in [2.75, 3.05) is 0 Å². The molecule has 5 nitrogen and oxygen atoms in total. The van der Waals surface area contributed by atoms with Gasteiger partial charge in [-0.2, -0.15) is 0 Å². The van der Waals surface area contributed by atoms with Crippen LogP contribution in [0.1, 0.15) is 130 Å². The van der Waals surface area contributed by atoms with Crippen LogP contribution in [0.25, 0.3) is 0 Å². The van der Waals surface area contributed by atoms with Gasteiger partial charge in [-0.25, -0.2) is 9.18 Å². The lowest BCUT2D eigenvalue weighted by atomic mass is 9.59. The Balaban J connectivity index is 1.86. The molecule has 0 saturated heterocycles. The van der Waals surface area contributed by atoms with Crippen LogP contribution in [0.4, 0.5) is 9.18 Å². The number of carbonyl (C=O) groups excluding carboxylic acids is 2. The van der Waals surface area contributed by atoms with Crippen LogP contribution < -0.4 is 10.1 Å². The molecule has 1 N–H and O–H groups in total. The summed E-state index contributed by atoms with van der Waals surface area (Å²) in [4.78, 5) is 26.0. The van der Waals surface area contributed by atoms with Gasteiger partial charge in [-0.05, 0) is 83.4 Å². The summed E-state index contributed by atoms with van der Waals surface area (Å²) in [5.74, 6) is -0.277. The van der Waals surface area contributed by atoms with Crippen LogP contribution in [-0.4, -0.2) is 23.7 Å². The number of alkyl carbamates (subject to hydrolysis) is 1. The van der Waals surface area contributed by atoms with E-state index in [1.165, 1.54) is 25.3 Å². The summed E-state index contributed by atoms with van der Waals surface area (Å²) in [7, 11) is 0. The van der Waals surface area contributed by atoms with Crippen LogP contribution in [0.2, 0.25) is 0 Å². The normalized spacial score (nSPS) is 23.6. The van der Waals surface area contributed by atoms with Crippen LogP contribution >= 0.6 is 0 Å². The van der Waals surface area contributed by atoms with Crippen molar-refractivity contribution in [2.45, 2.75) is 143 Å². The second-order valence-electron chi connectivity index (χ2n) is 13.5. The first kappa shape index (κ1) is 30.4. The summed E-state index contributed by atoms with van der Waals surface area (Å²) in [5, 5.41) is 3.18. The molecule has 214 valence electrons. The van der Waals surface area contributed by atoms with Crippen LogP contribution in [0.15, 0.2) is 12.1 Å². The minimum atomic E-state index is -0.644. The second-order valence-corrected chi connectivity index (χ2v) is 13.5. The first-order valence-corrected chi connectivity index (χ1v) is 14.8. The Kier molecular flexibility index (Phi) is 9.92. The summed E-state index contributed by atoms with van der Waals surface area (Å²) in [6.45, 7) is 13.7. The van der Waals surface area contributed by atoms with Gasteiger partial charge < -0.3 is 14.8 Å². The Morgan fingerprint density at radius 1 is 1.05 bits per heavy atom. The maximum absolute atomic E-state index is 15.6. The highest BCUT2D eigenvalue weighted by Gasteiger charge is 2.48. The number of fused-ring (bicyclic) bond motifs is 4. The smallest absolute Gasteiger partial charge is 0.407 e. The minimum absolute atomic E-state index is 0.120. The lowest BCUT2D eigenvalue weighted by Gasteiger charge is -2.49. The van der Waals surface area contributed by atoms with Crippen LogP contribution in [0.3, 0.4) is 0 Å². The van der Waals surface area contributed by atoms with Gasteiger partial charge in [0.1, 0.15) is 17.2 Å². The largest absolute Gasteiger partial charge is 0.444 e. The van der Waals surface area contributed by atoms with E-state index in [0.29, 0.717) is 12.0 Å². The van der Waals surface area contributed by atoms with Crippen molar-refractivity contribution in [3.63, 3.8) is 0 Å². The Labute approximate surface area is 229 Å². The van der Waals surface area contributed by atoms with Crippen molar-refractivity contribution < 1.29 is 23.5 Å². The number of carbonyl (C=O) groups is 2. The van der Waals surface area contributed by atoms with E-state index in [1.807, 2.05) is 40.7 Å². The molecule has 0 radical (unpaired) electrons. The molecule has 0 aliphatic heterocycles. The van der Waals surface area contributed by atoms with Crippen LogP contribution in [0, 0.1) is 17.2 Å². The van der Waals surface area contributed by atoms with Gasteiger partial charge in [0.15, 0.2) is 0 Å². The number of esters is 1. The number of amides is 1.